The van der Waals surface area contributed by atoms with Gasteiger partial charge in [0.15, 0.2) is 0 Å². The minimum Gasteiger partial charge on any atom is -0.374 e. The van der Waals surface area contributed by atoms with Crippen LogP contribution in [0.2, 0.25) is 0 Å². The highest BCUT2D eigenvalue weighted by atomic mass is 16.5. The molecule has 19 heavy (non-hydrogen) atoms. The van der Waals surface area contributed by atoms with Crippen molar-refractivity contribution in [2.24, 2.45) is 12.8 Å². The van der Waals surface area contributed by atoms with Crippen LogP contribution in [0.5, 0.6) is 0 Å². The third kappa shape index (κ3) is 3.78. The highest BCUT2D eigenvalue weighted by Crippen LogP contribution is 2.13. The van der Waals surface area contributed by atoms with Crippen LogP contribution in [0.25, 0.3) is 0 Å². The molecule has 1 saturated heterocycles. The van der Waals surface area contributed by atoms with Crippen LogP contribution in [-0.2, 0) is 18.2 Å². The van der Waals surface area contributed by atoms with Gasteiger partial charge in [-0.2, -0.15) is 5.10 Å². The molecule has 2 unspecified atom stereocenters. The average molecular weight is 266 g/mol. The van der Waals surface area contributed by atoms with Crippen LogP contribution >= 0.6 is 0 Å². The third-order valence-corrected chi connectivity index (χ3v) is 3.74. The molecule has 5 heteroatoms. The van der Waals surface area contributed by atoms with Gasteiger partial charge in [0.1, 0.15) is 0 Å². The second kappa shape index (κ2) is 6.50. The molecule has 1 aromatic heterocycles. The Kier molecular flexibility index (Phi) is 4.96. The van der Waals surface area contributed by atoms with E-state index in [0.717, 1.165) is 38.4 Å². The summed E-state index contributed by atoms with van der Waals surface area (Å²) in [6.45, 7) is 8.13. The minimum atomic E-state index is 0.0365. The van der Waals surface area contributed by atoms with Crippen molar-refractivity contribution in [2.45, 2.75) is 38.8 Å². The Balaban J connectivity index is 1.92. The minimum absolute atomic E-state index is 0.0365. The fourth-order valence-electron chi connectivity index (χ4n) is 2.74. The number of hydrogen-bond donors (Lipinski definition) is 1. The summed E-state index contributed by atoms with van der Waals surface area (Å²) in [7, 11) is 1.97. The zero-order valence-electron chi connectivity index (χ0n) is 12.3. The predicted octanol–water partition coefficient (Wildman–Crippen LogP) is 0.709. The first-order valence-corrected chi connectivity index (χ1v) is 7.19. The summed E-state index contributed by atoms with van der Waals surface area (Å²) in [6.07, 6.45) is 2.14. The molecule has 108 valence electrons. The molecule has 2 heterocycles. The maximum absolute atomic E-state index is 6.32. The monoisotopic (exact) mass is 266 g/mol. The number of morpholine rings is 1. The van der Waals surface area contributed by atoms with E-state index in [-0.39, 0.29) is 12.1 Å². The summed E-state index contributed by atoms with van der Waals surface area (Å²) >= 11 is 0. The Labute approximate surface area is 115 Å². The normalized spacial score (nSPS) is 22.6. The lowest BCUT2D eigenvalue weighted by Gasteiger charge is -2.35. The standard InChI is InChI=1S/C14H26N4O/c1-4-5-18-6-7-19-14(10-18)13(15)9-12-8-11(2)16-17(12)3/h8,13-14H,4-7,9-10,15H2,1-3H3. The van der Waals surface area contributed by atoms with E-state index >= 15 is 0 Å². The first kappa shape index (κ1) is 14.5. The zero-order chi connectivity index (χ0) is 13.8. The van der Waals surface area contributed by atoms with Crippen molar-refractivity contribution in [3.05, 3.63) is 17.5 Å². The second-order valence-electron chi connectivity index (χ2n) is 5.48. The SMILES string of the molecule is CCCN1CCOC(C(N)Cc2cc(C)nn2C)C1. The van der Waals surface area contributed by atoms with Crippen molar-refractivity contribution >= 4 is 0 Å². The molecule has 0 bridgehead atoms. The lowest BCUT2D eigenvalue weighted by atomic mass is 10.0. The van der Waals surface area contributed by atoms with Crippen LogP contribution in [-0.4, -0.2) is 53.1 Å². The first-order chi connectivity index (χ1) is 9.10. The lowest BCUT2D eigenvalue weighted by molar-refractivity contribution is -0.0402. The third-order valence-electron chi connectivity index (χ3n) is 3.74. The molecule has 0 spiro atoms. The van der Waals surface area contributed by atoms with E-state index in [9.17, 15) is 0 Å². The summed E-state index contributed by atoms with van der Waals surface area (Å²) in [5.74, 6) is 0. The number of ether oxygens (including phenoxy) is 1. The molecular formula is C14H26N4O. The van der Waals surface area contributed by atoms with E-state index in [1.54, 1.807) is 0 Å². The fraction of sp³-hybridized carbons (Fsp3) is 0.786. The van der Waals surface area contributed by atoms with Gasteiger partial charge in [-0.15, -0.1) is 0 Å². The molecule has 2 N–H and O–H groups in total. The van der Waals surface area contributed by atoms with Gasteiger partial charge in [0.2, 0.25) is 0 Å². The highest BCUT2D eigenvalue weighted by Gasteiger charge is 2.26. The van der Waals surface area contributed by atoms with Crippen molar-refractivity contribution in [3.8, 4) is 0 Å². The van der Waals surface area contributed by atoms with Crippen molar-refractivity contribution in [3.63, 3.8) is 0 Å². The van der Waals surface area contributed by atoms with Crippen LogP contribution < -0.4 is 5.73 Å². The number of nitrogens with zero attached hydrogens (tertiary/aromatic N) is 3. The van der Waals surface area contributed by atoms with E-state index in [4.69, 9.17) is 10.5 Å². The van der Waals surface area contributed by atoms with Crippen molar-refractivity contribution in [1.82, 2.24) is 14.7 Å². The molecule has 1 fully saturated rings. The van der Waals surface area contributed by atoms with Crippen molar-refractivity contribution in [2.75, 3.05) is 26.2 Å². The summed E-state index contributed by atoms with van der Waals surface area (Å²) in [4.78, 5) is 2.45. The van der Waals surface area contributed by atoms with E-state index in [0.29, 0.717) is 0 Å². The van der Waals surface area contributed by atoms with Crippen molar-refractivity contribution in [1.29, 1.82) is 0 Å². The van der Waals surface area contributed by atoms with E-state index in [1.807, 2.05) is 18.7 Å². The summed E-state index contributed by atoms with van der Waals surface area (Å²) < 4.78 is 7.76. The molecule has 1 aromatic rings. The average Bonchev–Trinajstić information content (AvgIpc) is 2.68. The van der Waals surface area contributed by atoms with E-state index in [2.05, 4.69) is 23.0 Å². The zero-order valence-corrected chi connectivity index (χ0v) is 12.3. The molecule has 2 rings (SSSR count). The Morgan fingerprint density at radius 1 is 1.58 bits per heavy atom. The molecule has 0 aliphatic carbocycles. The molecule has 2 atom stereocenters. The number of aryl methyl sites for hydroxylation is 2. The number of rotatable bonds is 5. The number of hydrogen-bond acceptors (Lipinski definition) is 4. The van der Waals surface area contributed by atoms with Gasteiger partial charge in [-0.05, 0) is 26.0 Å². The van der Waals surface area contributed by atoms with Gasteiger partial charge < -0.3 is 10.5 Å². The topological polar surface area (TPSA) is 56.3 Å². The Bertz CT molecular complexity index is 402. The Morgan fingerprint density at radius 2 is 2.37 bits per heavy atom. The molecule has 0 radical (unpaired) electrons. The maximum atomic E-state index is 6.32. The summed E-state index contributed by atoms with van der Waals surface area (Å²) in [6, 6.07) is 2.14. The molecule has 1 aliphatic rings. The van der Waals surface area contributed by atoms with Gasteiger partial charge in [0.25, 0.3) is 0 Å². The summed E-state index contributed by atoms with van der Waals surface area (Å²) in [5, 5.41) is 4.36. The van der Waals surface area contributed by atoms with Crippen LogP contribution in [0.15, 0.2) is 6.07 Å². The van der Waals surface area contributed by atoms with Crippen LogP contribution in [0, 0.1) is 6.92 Å². The van der Waals surface area contributed by atoms with Gasteiger partial charge in [-0.1, -0.05) is 6.92 Å². The molecule has 1 aliphatic heterocycles. The van der Waals surface area contributed by atoms with Crippen LogP contribution in [0.1, 0.15) is 24.7 Å². The van der Waals surface area contributed by atoms with Crippen molar-refractivity contribution < 1.29 is 4.74 Å². The largest absolute Gasteiger partial charge is 0.374 e. The quantitative estimate of drug-likeness (QED) is 0.853. The molecule has 5 nitrogen and oxygen atoms in total. The van der Waals surface area contributed by atoms with Gasteiger partial charge in [-0.25, -0.2) is 0 Å². The molecule has 0 saturated carbocycles. The lowest BCUT2D eigenvalue weighted by Crippen LogP contribution is -2.51. The molecule has 0 aromatic carbocycles. The predicted molar refractivity (Wildman–Crippen MR) is 76.1 cm³/mol. The van der Waals surface area contributed by atoms with Crippen LogP contribution in [0.4, 0.5) is 0 Å². The number of aromatic nitrogens is 2. The van der Waals surface area contributed by atoms with E-state index < -0.39 is 0 Å². The van der Waals surface area contributed by atoms with Gasteiger partial charge >= 0.3 is 0 Å². The van der Waals surface area contributed by atoms with Gasteiger partial charge in [0, 0.05) is 38.3 Å². The fourth-order valence-corrected chi connectivity index (χ4v) is 2.74. The van der Waals surface area contributed by atoms with Gasteiger partial charge in [0.05, 0.1) is 18.4 Å². The molecular weight excluding hydrogens is 240 g/mol. The Hall–Kier alpha value is -0.910. The van der Waals surface area contributed by atoms with Gasteiger partial charge in [-0.3, -0.25) is 9.58 Å². The van der Waals surface area contributed by atoms with Crippen LogP contribution in [0.3, 0.4) is 0 Å². The molecule has 0 amide bonds. The van der Waals surface area contributed by atoms with E-state index in [1.165, 1.54) is 12.1 Å². The number of nitrogens with two attached hydrogens (primary N) is 1. The highest BCUT2D eigenvalue weighted by molar-refractivity contribution is 5.10. The summed E-state index contributed by atoms with van der Waals surface area (Å²) in [5.41, 5.74) is 8.55. The second-order valence-corrected chi connectivity index (χ2v) is 5.48. The first-order valence-electron chi connectivity index (χ1n) is 7.19. The maximum Gasteiger partial charge on any atom is 0.0856 e. The Morgan fingerprint density at radius 3 is 3.00 bits per heavy atom. The smallest absolute Gasteiger partial charge is 0.0856 e.